The van der Waals surface area contributed by atoms with Gasteiger partial charge in [-0.15, -0.1) is 0 Å². The lowest BCUT2D eigenvalue weighted by atomic mass is 9.86. The lowest BCUT2D eigenvalue weighted by Gasteiger charge is -2.29. The Balaban J connectivity index is 1.98. The van der Waals surface area contributed by atoms with Gasteiger partial charge in [0.1, 0.15) is 12.2 Å². The van der Waals surface area contributed by atoms with Crippen LogP contribution in [-0.4, -0.2) is 11.9 Å². The molecule has 1 unspecified atom stereocenters. The predicted molar refractivity (Wildman–Crippen MR) is 103 cm³/mol. The topological polar surface area (TPSA) is 52.6 Å². The Morgan fingerprint density at radius 3 is 1.93 bits per heavy atom. The van der Waals surface area contributed by atoms with Crippen LogP contribution in [0, 0.1) is 5.92 Å². The lowest BCUT2D eigenvalue weighted by molar-refractivity contribution is -0.150. The molecule has 0 radical (unpaired) electrons. The first-order chi connectivity index (χ1) is 13.1. The number of hydrogen-bond acceptors (Lipinski definition) is 4. The van der Waals surface area contributed by atoms with Crippen molar-refractivity contribution in [2.45, 2.75) is 26.1 Å². The highest BCUT2D eigenvalue weighted by molar-refractivity contribution is 5.67. The monoisotopic (exact) mass is 362 g/mol. The molecule has 3 rings (SSSR count). The van der Waals surface area contributed by atoms with Gasteiger partial charge in [0.05, 0.1) is 0 Å². The van der Waals surface area contributed by atoms with Crippen molar-refractivity contribution >= 4 is 11.9 Å². The number of rotatable bonds is 6. The molecule has 4 nitrogen and oxygen atoms in total. The van der Waals surface area contributed by atoms with E-state index >= 15 is 0 Å². The normalized spacial score (nSPS) is 17.7. The standard InChI is InChI=1S/C23H22O4/c1-16(24)26-22(18-10-5-3-6-11-18)20-14-9-15-21(20)23(27-17(2)25)19-12-7-4-8-13-19/h3-15,20,22-23H,1-2H3/t20?,22-,23-/m1/s1. The zero-order valence-electron chi connectivity index (χ0n) is 15.4. The van der Waals surface area contributed by atoms with Gasteiger partial charge < -0.3 is 9.47 Å². The van der Waals surface area contributed by atoms with Crippen molar-refractivity contribution in [1.29, 1.82) is 0 Å². The molecule has 0 aromatic heterocycles. The van der Waals surface area contributed by atoms with Gasteiger partial charge in [0, 0.05) is 19.8 Å². The van der Waals surface area contributed by atoms with Crippen LogP contribution >= 0.6 is 0 Å². The summed E-state index contributed by atoms with van der Waals surface area (Å²) in [7, 11) is 0. The van der Waals surface area contributed by atoms with Crippen molar-refractivity contribution in [2.75, 3.05) is 0 Å². The summed E-state index contributed by atoms with van der Waals surface area (Å²) < 4.78 is 11.3. The van der Waals surface area contributed by atoms with Crippen molar-refractivity contribution in [1.82, 2.24) is 0 Å². The van der Waals surface area contributed by atoms with E-state index in [2.05, 4.69) is 0 Å². The van der Waals surface area contributed by atoms with E-state index in [1.54, 1.807) is 0 Å². The zero-order valence-corrected chi connectivity index (χ0v) is 15.4. The highest BCUT2D eigenvalue weighted by Crippen LogP contribution is 2.42. The Bertz CT molecular complexity index is 852. The summed E-state index contributed by atoms with van der Waals surface area (Å²) in [6.45, 7) is 2.80. The quantitative estimate of drug-likeness (QED) is 0.699. The van der Waals surface area contributed by atoms with Crippen LogP contribution in [0.4, 0.5) is 0 Å². The molecule has 0 aliphatic heterocycles. The molecule has 3 atom stereocenters. The maximum atomic E-state index is 11.8. The summed E-state index contributed by atoms with van der Waals surface area (Å²) in [6.07, 6.45) is 4.81. The second-order valence-electron chi connectivity index (χ2n) is 6.42. The Hall–Kier alpha value is -3.14. The van der Waals surface area contributed by atoms with Crippen LogP contribution < -0.4 is 0 Å². The molecule has 27 heavy (non-hydrogen) atoms. The predicted octanol–water partition coefficient (Wildman–Crippen LogP) is 4.71. The third-order valence-corrected chi connectivity index (χ3v) is 4.43. The number of ether oxygens (including phenoxy) is 2. The average Bonchev–Trinajstić information content (AvgIpc) is 3.14. The van der Waals surface area contributed by atoms with Crippen molar-refractivity contribution in [2.24, 2.45) is 5.92 Å². The van der Waals surface area contributed by atoms with E-state index in [1.807, 2.05) is 78.9 Å². The van der Waals surface area contributed by atoms with Gasteiger partial charge in [-0.25, -0.2) is 0 Å². The molecule has 0 fully saturated rings. The smallest absolute Gasteiger partial charge is 0.303 e. The number of allylic oxidation sites excluding steroid dienone is 2. The molecule has 0 heterocycles. The first-order valence-corrected chi connectivity index (χ1v) is 8.89. The van der Waals surface area contributed by atoms with Crippen LogP contribution in [-0.2, 0) is 19.1 Å². The Kier molecular flexibility index (Phi) is 5.87. The van der Waals surface area contributed by atoms with Gasteiger partial charge in [-0.05, 0) is 16.7 Å². The molecule has 1 aliphatic carbocycles. The summed E-state index contributed by atoms with van der Waals surface area (Å²) in [5.74, 6) is -0.938. The van der Waals surface area contributed by atoms with Gasteiger partial charge in [-0.3, -0.25) is 9.59 Å². The Morgan fingerprint density at radius 2 is 1.37 bits per heavy atom. The first-order valence-electron chi connectivity index (χ1n) is 8.89. The van der Waals surface area contributed by atoms with E-state index in [1.165, 1.54) is 13.8 Å². The summed E-state index contributed by atoms with van der Waals surface area (Å²) in [4.78, 5) is 23.5. The molecular formula is C23H22O4. The highest BCUT2D eigenvalue weighted by atomic mass is 16.5. The van der Waals surface area contributed by atoms with Crippen LogP contribution in [0.2, 0.25) is 0 Å². The van der Waals surface area contributed by atoms with E-state index in [0.717, 1.165) is 16.7 Å². The molecule has 2 aromatic rings. The lowest BCUT2D eigenvalue weighted by Crippen LogP contribution is -2.22. The Morgan fingerprint density at radius 1 is 0.815 bits per heavy atom. The van der Waals surface area contributed by atoms with Crippen molar-refractivity contribution < 1.29 is 19.1 Å². The number of esters is 2. The van der Waals surface area contributed by atoms with Crippen molar-refractivity contribution in [3.05, 3.63) is 95.6 Å². The van der Waals surface area contributed by atoms with Gasteiger partial charge in [0.2, 0.25) is 0 Å². The fraction of sp³-hybridized carbons (Fsp3) is 0.217. The number of hydrogen-bond donors (Lipinski definition) is 0. The summed E-state index contributed by atoms with van der Waals surface area (Å²) in [5.41, 5.74) is 2.65. The maximum absolute atomic E-state index is 11.8. The second kappa shape index (κ2) is 8.49. The third kappa shape index (κ3) is 4.53. The molecule has 1 aliphatic rings. The number of carbonyl (C=O) groups excluding carboxylic acids is 2. The van der Waals surface area contributed by atoms with Crippen LogP contribution in [0.1, 0.15) is 37.2 Å². The van der Waals surface area contributed by atoms with Gasteiger partial charge in [0.25, 0.3) is 0 Å². The van der Waals surface area contributed by atoms with Crippen LogP contribution in [0.3, 0.4) is 0 Å². The SMILES string of the molecule is CC(=O)O[C@H](c1ccccc1)C1C=CC=C1[C@H](OC(C)=O)c1ccccc1. The van der Waals surface area contributed by atoms with E-state index in [9.17, 15) is 9.59 Å². The fourth-order valence-corrected chi connectivity index (χ4v) is 3.34. The van der Waals surface area contributed by atoms with Crippen LogP contribution in [0.5, 0.6) is 0 Å². The number of benzene rings is 2. The summed E-state index contributed by atoms with van der Waals surface area (Å²) >= 11 is 0. The minimum atomic E-state index is -0.537. The largest absolute Gasteiger partial charge is 0.457 e. The summed E-state index contributed by atoms with van der Waals surface area (Å²) in [6, 6.07) is 19.2. The fourth-order valence-electron chi connectivity index (χ4n) is 3.34. The highest BCUT2D eigenvalue weighted by Gasteiger charge is 2.35. The molecule has 4 heteroatoms. The molecule has 0 N–H and O–H groups in total. The van der Waals surface area contributed by atoms with Gasteiger partial charge in [-0.1, -0.05) is 78.9 Å². The molecule has 0 saturated heterocycles. The van der Waals surface area contributed by atoms with Crippen LogP contribution in [0.25, 0.3) is 0 Å². The van der Waals surface area contributed by atoms with E-state index < -0.39 is 12.2 Å². The number of carbonyl (C=O) groups is 2. The minimum absolute atomic E-state index is 0.221. The molecule has 0 amide bonds. The average molecular weight is 362 g/mol. The molecular weight excluding hydrogens is 340 g/mol. The Labute approximate surface area is 159 Å². The zero-order chi connectivity index (χ0) is 19.2. The maximum Gasteiger partial charge on any atom is 0.303 e. The molecule has 0 bridgehead atoms. The molecule has 0 spiro atoms. The minimum Gasteiger partial charge on any atom is -0.457 e. The van der Waals surface area contributed by atoms with Gasteiger partial charge in [0.15, 0.2) is 0 Å². The third-order valence-electron chi connectivity index (χ3n) is 4.43. The molecule has 0 saturated carbocycles. The van der Waals surface area contributed by atoms with E-state index in [4.69, 9.17) is 9.47 Å². The van der Waals surface area contributed by atoms with Crippen molar-refractivity contribution in [3.63, 3.8) is 0 Å². The summed E-state index contributed by atoms with van der Waals surface area (Å²) in [5, 5.41) is 0. The van der Waals surface area contributed by atoms with Gasteiger partial charge >= 0.3 is 11.9 Å². The second-order valence-corrected chi connectivity index (χ2v) is 6.42. The van der Waals surface area contributed by atoms with Crippen LogP contribution in [0.15, 0.2) is 84.5 Å². The first kappa shape index (κ1) is 18.6. The van der Waals surface area contributed by atoms with Crippen molar-refractivity contribution in [3.8, 4) is 0 Å². The van der Waals surface area contributed by atoms with E-state index in [-0.39, 0.29) is 17.9 Å². The van der Waals surface area contributed by atoms with Gasteiger partial charge in [-0.2, -0.15) is 0 Å². The van der Waals surface area contributed by atoms with E-state index in [0.29, 0.717) is 0 Å². The molecule has 2 aromatic carbocycles. The molecule has 138 valence electrons.